The summed E-state index contributed by atoms with van der Waals surface area (Å²) in [6.45, 7) is 0. The number of para-hydroxylation sites is 1. The molecular formula is C27H29N3O2. The van der Waals surface area contributed by atoms with Crippen molar-refractivity contribution in [3.05, 3.63) is 65.7 Å². The van der Waals surface area contributed by atoms with Crippen molar-refractivity contribution in [2.45, 2.75) is 44.7 Å². The molecule has 0 aromatic heterocycles. The molecule has 4 saturated carbocycles. The number of benzene rings is 2. The Morgan fingerprint density at radius 1 is 0.938 bits per heavy atom. The van der Waals surface area contributed by atoms with Gasteiger partial charge >= 0.3 is 0 Å². The van der Waals surface area contributed by atoms with Crippen molar-refractivity contribution in [1.29, 1.82) is 0 Å². The molecule has 4 aliphatic carbocycles. The molecule has 32 heavy (non-hydrogen) atoms. The number of hydrogen-bond donors (Lipinski definition) is 1. The molecule has 4 bridgehead atoms. The zero-order valence-electron chi connectivity index (χ0n) is 18.5. The Hall–Kier alpha value is -2.95. The molecule has 1 heterocycles. The van der Waals surface area contributed by atoms with Crippen LogP contribution in [-0.4, -0.2) is 30.7 Å². The molecule has 2 aromatic carbocycles. The Labute approximate surface area is 188 Å². The summed E-state index contributed by atoms with van der Waals surface area (Å²) in [6.07, 6.45) is 5.84. The molecule has 1 atom stereocenters. The maximum atomic E-state index is 13.7. The van der Waals surface area contributed by atoms with Crippen molar-refractivity contribution in [2.75, 3.05) is 11.9 Å². The van der Waals surface area contributed by atoms with Crippen molar-refractivity contribution in [1.82, 2.24) is 5.32 Å². The van der Waals surface area contributed by atoms with E-state index in [1.54, 1.807) is 11.9 Å². The number of nitrogens with zero attached hydrogens (tertiary/aromatic N) is 2. The summed E-state index contributed by atoms with van der Waals surface area (Å²) in [7, 11) is 1.77. The van der Waals surface area contributed by atoms with Crippen molar-refractivity contribution in [3.63, 3.8) is 0 Å². The van der Waals surface area contributed by atoms with Crippen LogP contribution >= 0.6 is 0 Å². The van der Waals surface area contributed by atoms with E-state index in [-0.39, 0.29) is 17.2 Å². The highest BCUT2D eigenvalue weighted by atomic mass is 16.2. The fraction of sp³-hybridized carbons (Fsp3) is 0.444. The molecule has 0 saturated heterocycles. The number of amides is 2. The molecule has 2 aromatic rings. The first kappa shape index (κ1) is 19.7. The van der Waals surface area contributed by atoms with E-state index in [4.69, 9.17) is 4.99 Å². The molecule has 0 radical (unpaired) electrons. The Bertz CT molecular complexity index is 1070. The number of nitrogens with one attached hydrogen (secondary N) is 1. The maximum Gasteiger partial charge on any atom is 0.272 e. The number of hydrogen-bond acceptors (Lipinski definition) is 3. The van der Waals surface area contributed by atoms with Crippen LogP contribution < -0.4 is 10.2 Å². The van der Waals surface area contributed by atoms with Crippen molar-refractivity contribution < 1.29 is 9.59 Å². The molecule has 5 nitrogen and oxygen atoms in total. The predicted octanol–water partition coefficient (Wildman–Crippen LogP) is 4.16. The molecule has 2 amide bonds. The Kier molecular flexibility index (Phi) is 4.49. The first-order valence-electron chi connectivity index (χ1n) is 11.8. The second-order valence-corrected chi connectivity index (χ2v) is 10.3. The number of carbonyl (C=O) groups excluding carboxylic acids is 2. The lowest BCUT2D eigenvalue weighted by Crippen LogP contribution is -2.57. The van der Waals surface area contributed by atoms with Gasteiger partial charge in [0.1, 0.15) is 0 Å². The quantitative estimate of drug-likeness (QED) is 0.800. The molecule has 5 heteroatoms. The number of anilines is 1. The molecule has 4 fully saturated rings. The largest absolute Gasteiger partial charge is 0.326 e. The number of benzodiazepines with no additional fused rings is 1. The van der Waals surface area contributed by atoms with Crippen LogP contribution in [0.4, 0.5) is 5.69 Å². The number of likely N-dealkylation sites (N-methyl/N-ethyl adjacent to an activating group) is 1. The average molecular weight is 428 g/mol. The summed E-state index contributed by atoms with van der Waals surface area (Å²) in [5.74, 6) is 1.86. The average Bonchev–Trinajstić information content (AvgIpc) is 2.89. The lowest BCUT2D eigenvalue weighted by Gasteiger charge is -2.55. The van der Waals surface area contributed by atoms with Crippen molar-refractivity contribution >= 4 is 23.2 Å². The fourth-order valence-electron chi connectivity index (χ4n) is 7.11. The summed E-state index contributed by atoms with van der Waals surface area (Å²) in [5.41, 5.74) is 3.09. The summed E-state index contributed by atoms with van der Waals surface area (Å²) >= 11 is 0. The van der Waals surface area contributed by atoms with Gasteiger partial charge in [-0.2, -0.15) is 0 Å². The predicted molar refractivity (Wildman–Crippen MR) is 124 cm³/mol. The first-order chi connectivity index (χ1) is 15.5. The van der Waals surface area contributed by atoms with E-state index in [9.17, 15) is 9.59 Å². The van der Waals surface area contributed by atoms with E-state index >= 15 is 0 Å². The topological polar surface area (TPSA) is 61.8 Å². The molecule has 1 unspecified atom stereocenters. The van der Waals surface area contributed by atoms with E-state index in [0.717, 1.165) is 41.8 Å². The van der Waals surface area contributed by atoms with E-state index in [1.807, 2.05) is 54.6 Å². The van der Waals surface area contributed by atoms with Gasteiger partial charge in [-0.3, -0.25) is 9.59 Å². The highest BCUT2D eigenvalue weighted by Gasteiger charge is 2.55. The monoisotopic (exact) mass is 427 g/mol. The number of fused-ring (bicyclic) bond motifs is 1. The normalized spacial score (nSPS) is 32.8. The highest BCUT2D eigenvalue weighted by Crippen LogP contribution is 2.60. The molecule has 7 rings (SSSR count). The number of carbonyl (C=O) groups is 2. The van der Waals surface area contributed by atoms with Gasteiger partial charge in [-0.1, -0.05) is 48.5 Å². The molecule has 0 spiro atoms. The van der Waals surface area contributed by atoms with Gasteiger partial charge in [-0.15, -0.1) is 0 Å². The van der Waals surface area contributed by atoms with Gasteiger partial charge in [0, 0.05) is 18.2 Å². The Morgan fingerprint density at radius 3 is 2.19 bits per heavy atom. The minimum Gasteiger partial charge on any atom is -0.326 e. The standard InChI is InChI=1S/C27H29N3O2/c1-30-22-10-6-5-9-21(22)23(20-7-3-2-4-8-20)28-24(25(30)31)29-26(32)27-14-17-11-18(15-27)13-19(12-17)16-27/h2-10,17-19,24H,11-16H2,1H3,(H,29,32). The van der Waals surface area contributed by atoms with Gasteiger partial charge in [-0.25, -0.2) is 4.99 Å². The summed E-state index contributed by atoms with van der Waals surface area (Å²) in [4.78, 5) is 33.7. The Morgan fingerprint density at radius 2 is 1.53 bits per heavy atom. The van der Waals surface area contributed by atoms with E-state index < -0.39 is 6.17 Å². The van der Waals surface area contributed by atoms with Crippen molar-refractivity contribution in [2.24, 2.45) is 28.2 Å². The van der Waals surface area contributed by atoms with Crippen LogP contribution in [0.5, 0.6) is 0 Å². The van der Waals surface area contributed by atoms with E-state index in [0.29, 0.717) is 17.8 Å². The lowest BCUT2D eigenvalue weighted by molar-refractivity contribution is -0.148. The van der Waals surface area contributed by atoms with E-state index in [1.165, 1.54) is 19.3 Å². The van der Waals surface area contributed by atoms with E-state index in [2.05, 4.69) is 5.32 Å². The van der Waals surface area contributed by atoms with Gasteiger partial charge in [-0.05, 0) is 62.3 Å². The van der Waals surface area contributed by atoms with Gasteiger partial charge in [0.2, 0.25) is 12.1 Å². The van der Waals surface area contributed by atoms with Crippen molar-refractivity contribution in [3.8, 4) is 0 Å². The third-order valence-corrected chi connectivity index (χ3v) is 8.18. The minimum absolute atomic E-state index is 0.0328. The first-order valence-corrected chi connectivity index (χ1v) is 11.8. The summed E-state index contributed by atoms with van der Waals surface area (Å²) in [5, 5.41) is 3.11. The van der Waals surface area contributed by atoms with Crippen LogP contribution in [-0.2, 0) is 9.59 Å². The molecule has 164 valence electrons. The highest BCUT2D eigenvalue weighted by molar-refractivity contribution is 6.20. The zero-order valence-corrected chi connectivity index (χ0v) is 18.5. The van der Waals surface area contributed by atoms with Gasteiger partial charge < -0.3 is 10.2 Å². The molecule has 5 aliphatic rings. The van der Waals surface area contributed by atoms with Gasteiger partial charge in [0.15, 0.2) is 0 Å². The molecule has 1 aliphatic heterocycles. The second-order valence-electron chi connectivity index (χ2n) is 10.3. The Balaban J connectivity index is 1.37. The van der Waals surface area contributed by atoms with Crippen LogP contribution in [0.25, 0.3) is 0 Å². The van der Waals surface area contributed by atoms with Crippen LogP contribution in [0.3, 0.4) is 0 Å². The minimum atomic E-state index is -0.914. The summed E-state index contributed by atoms with van der Waals surface area (Å²) in [6, 6.07) is 17.7. The number of rotatable bonds is 3. The van der Waals surface area contributed by atoms with Gasteiger partial charge in [0.25, 0.3) is 5.91 Å². The lowest BCUT2D eigenvalue weighted by atomic mass is 9.49. The second kappa shape index (κ2) is 7.29. The zero-order chi connectivity index (χ0) is 21.9. The fourth-order valence-corrected chi connectivity index (χ4v) is 7.11. The molecule has 1 N–H and O–H groups in total. The maximum absolute atomic E-state index is 13.7. The van der Waals surface area contributed by atoms with Gasteiger partial charge in [0.05, 0.1) is 16.8 Å². The summed E-state index contributed by atoms with van der Waals surface area (Å²) < 4.78 is 0. The third-order valence-electron chi connectivity index (χ3n) is 8.18. The van der Waals surface area contributed by atoms with Crippen LogP contribution in [0, 0.1) is 23.2 Å². The van der Waals surface area contributed by atoms with Crippen LogP contribution in [0.1, 0.15) is 49.7 Å². The SMILES string of the molecule is CN1C(=O)C(NC(=O)C23CC4CC(CC(C4)C2)C3)N=C(c2ccccc2)c2ccccc21. The van der Waals surface area contributed by atoms with Crippen LogP contribution in [0.2, 0.25) is 0 Å². The number of aliphatic imine (C=N–C) groups is 1. The third kappa shape index (κ3) is 3.09. The smallest absolute Gasteiger partial charge is 0.272 e. The van der Waals surface area contributed by atoms with Crippen LogP contribution in [0.15, 0.2) is 59.6 Å². The molecular weight excluding hydrogens is 398 g/mol.